The Labute approximate surface area is 183 Å². The molecule has 1 aromatic heterocycles. The van der Waals surface area contributed by atoms with Gasteiger partial charge in [-0.2, -0.15) is 9.40 Å². The fourth-order valence-corrected chi connectivity index (χ4v) is 5.30. The smallest absolute Gasteiger partial charge is 0.243 e. The highest BCUT2D eigenvalue weighted by molar-refractivity contribution is 7.89. The molecule has 31 heavy (non-hydrogen) atoms. The lowest BCUT2D eigenvalue weighted by molar-refractivity contribution is -0.121. The van der Waals surface area contributed by atoms with E-state index in [0.717, 1.165) is 36.2 Å². The summed E-state index contributed by atoms with van der Waals surface area (Å²) in [7, 11) is -1.75. The Morgan fingerprint density at radius 2 is 2.00 bits per heavy atom. The zero-order valence-corrected chi connectivity index (χ0v) is 19.0. The molecular weight excluding hydrogens is 416 g/mol. The first-order valence-electron chi connectivity index (χ1n) is 10.9. The molecule has 0 atom stereocenters. The van der Waals surface area contributed by atoms with E-state index < -0.39 is 10.0 Å². The lowest BCUT2D eigenvalue weighted by Crippen LogP contribution is -2.36. The average Bonchev–Trinajstić information content (AvgIpc) is 3.52. The van der Waals surface area contributed by atoms with Gasteiger partial charge in [0.1, 0.15) is 5.75 Å². The van der Waals surface area contributed by atoms with Crippen LogP contribution in [-0.4, -0.2) is 47.6 Å². The topological polar surface area (TPSA) is 93.5 Å². The monoisotopic (exact) mass is 446 g/mol. The highest BCUT2D eigenvalue weighted by Crippen LogP contribution is 2.28. The molecule has 1 aromatic carbocycles. The standard InChI is InChI=1S/C22H30N4O4S/c1-3-14-30-17-6-8-18(9-7-17)31(28,29)26-13-12-21-19(15-26)20(24-25(21)2)10-11-22(27)23-16-4-5-16/h6-9,16H,3-5,10-15H2,1-2H3,(H,23,27). The van der Waals surface area contributed by atoms with Crippen LogP contribution in [0.1, 0.15) is 49.6 Å². The van der Waals surface area contributed by atoms with E-state index in [1.807, 2.05) is 18.7 Å². The van der Waals surface area contributed by atoms with E-state index in [-0.39, 0.29) is 17.3 Å². The maximum Gasteiger partial charge on any atom is 0.243 e. The first kappa shape index (κ1) is 21.8. The predicted molar refractivity (Wildman–Crippen MR) is 116 cm³/mol. The van der Waals surface area contributed by atoms with Crippen molar-refractivity contribution in [3.8, 4) is 5.75 Å². The van der Waals surface area contributed by atoms with E-state index in [2.05, 4.69) is 10.4 Å². The molecule has 0 radical (unpaired) electrons. The number of carbonyl (C=O) groups excluding carboxylic acids is 1. The summed E-state index contributed by atoms with van der Waals surface area (Å²) >= 11 is 0. The second kappa shape index (κ2) is 9.00. The van der Waals surface area contributed by atoms with Crippen molar-refractivity contribution in [1.29, 1.82) is 0 Å². The highest BCUT2D eigenvalue weighted by atomic mass is 32.2. The molecule has 1 aliphatic carbocycles. The van der Waals surface area contributed by atoms with Crippen molar-refractivity contribution in [3.63, 3.8) is 0 Å². The molecule has 0 unspecified atom stereocenters. The van der Waals surface area contributed by atoms with E-state index in [0.29, 0.717) is 44.2 Å². The summed E-state index contributed by atoms with van der Waals surface area (Å²) in [6.07, 6.45) is 4.49. The van der Waals surface area contributed by atoms with Crippen molar-refractivity contribution in [3.05, 3.63) is 41.2 Å². The van der Waals surface area contributed by atoms with E-state index in [9.17, 15) is 13.2 Å². The highest BCUT2D eigenvalue weighted by Gasteiger charge is 2.32. The molecule has 2 aliphatic rings. The van der Waals surface area contributed by atoms with Gasteiger partial charge in [0.2, 0.25) is 15.9 Å². The maximum atomic E-state index is 13.2. The first-order chi connectivity index (χ1) is 14.9. The van der Waals surface area contributed by atoms with Gasteiger partial charge >= 0.3 is 0 Å². The molecule has 4 rings (SSSR count). The van der Waals surface area contributed by atoms with Crippen LogP contribution in [0.25, 0.3) is 0 Å². The summed E-state index contributed by atoms with van der Waals surface area (Å²) in [6, 6.07) is 6.94. The number of aryl methyl sites for hydroxylation is 2. The summed E-state index contributed by atoms with van der Waals surface area (Å²) in [6.45, 7) is 3.31. The Morgan fingerprint density at radius 1 is 1.26 bits per heavy atom. The summed E-state index contributed by atoms with van der Waals surface area (Å²) in [5.41, 5.74) is 2.79. The largest absolute Gasteiger partial charge is 0.494 e. The van der Waals surface area contributed by atoms with Gasteiger partial charge in [-0.3, -0.25) is 9.48 Å². The molecule has 0 bridgehead atoms. The number of hydrogen-bond donors (Lipinski definition) is 1. The molecule has 2 aromatic rings. The number of nitrogens with zero attached hydrogens (tertiary/aromatic N) is 3. The van der Waals surface area contributed by atoms with Gasteiger partial charge in [-0.15, -0.1) is 0 Å². The van der Waals surface area contributed by atoms with Gasteiger partial charge in [-0.1, -0.05) is 6.92 Å². The maximum absolute atomic E-state index is 13.2. The number of aromatic nitrogens is 2. The second-order valence-corrected chi connectivity index (χ2v) is 10.2. The number of ether oxygens (including phenoxy) is 1. The zero-order chi connectivity index (χ0) is 22.0. The minimum atomic E-state index is -3.63. The van der Waals surface area contributed by atoms with E-state index in [4.69, 9.17) is 4.74 Å². The number of hydrogen-bond acceptors (Lipinski definition) is 5. The van der Waals surface area contributed by atoms with E-state index in [1.165, 1.54) is 4.31 Å². The summed E-state index contributed by atoms with van der Waals surface area (Å²) in [5, 5.41) is 7.58. The van der Waals surface area contributed by atoms with Crippen molar-refractivity contribution in [2.24, 2.45) is 7.05 Å². The Hall–Kier alpha value is -2.39. The van der Waals surface area contributed by atoms with Crippen LogP contribution in [0.2, 0.25) is 0 Å². The van der Waals surface area contributed by atoms with Gasteiger partial charge in [0.25, 0.3) is 0 Å². The molecule has 1 saturated carbocycles. The van der Waals surface area contributed by atoms with Crippen molar-refractivity contribution < 1.29 is 17.9 Å². The molecule has 1 amide bonds. The van der Waals surface area contributed by atoms with Crippen LogP contribution in [-0.2, 0) is 41.3 Å². The van der Waals surface area contributed by atoms with Crippen molar-refractivity contribution in [2.45, 2.75) is 62.9 Å². The predicted octanol–water partition coefficient (Wildman–Crippen LogP) is 2.17. The zero-order valence-electron chi connectivity index (χ0n) is 18.1. The molecule has 1 aliphatic heterocycles. The van der Waals surface area contributed by atoms with Crippen LogP contribution in [0.3, 0.4) is 0 Å². The van der Waals surface area contributed by atoms with Gasteiger partial charge in [0.15, 0.2) is 0 Å². The molecule has 8 nitrogen and oxygen atoms in total. The Morgan fingerprint density at radius 3 is 2.68 bits per heavy atom. The number of carbonyl (C=O) groups is 1. The molecule has 168 valence electrons. The van der Waals surface area contributed by atoms with Gasteiger partial charge in [0.05, 0.1) is 17.2 Å². The normalized spacial score (nSPS) is 16.7. The number of nitrogens with one attached hydrogen (secondary N) is 1. The number of amides is 1. The molecular formula is C22H30N4O4S. The van der Waals surface area contributed by atoms with Crippen LogP contribution < -0.4 is 10.1 Å². The molecule has 0 spiro atoms. The number of fused-ring (bicyclic) bond motifs is 1. The third kappa shape index (κ3) is 4.93. The Balaban J connectivity index is 1.47. The first-order valence-corrected chi connectivity index (χ1v) is 12.4. The van der Waals surface area contributed by atoms with Gasteiger partial charge in [-0.25, -0.2) is 8.42 Å². The second-order valence-electron chi connectivity index (χ2n) is 8.25. The van der Waals surface area contributed by atoms with Gasteiger partial charge in [-0.05, 0) is 43.5 Å². The average molecular weight is 447 g/mol. The molecule has 2 heterocycles. The molecule has 9 heteroatoms. The minimum Gasteiger partial charge on any atom is -0.494 e. The molecule has 0 saturated heterocycles. The Bertz CT molecular complexity index is 1040. The van der Waals surface area contributed by atoms with Crippen LogP contribution in [0.5, 0.6) is 5.75 Å². The third-order valence-corrected chi connectivity index (χ3v) is 7.62. The lowest BCUT2D eigenvalue weighted by Gasteiger charge is -2.27. The SMILES string of the molecule is CCCOc1ccc(S(=O)(=O)N2CCc3c(c(CCC(=O)NC4CC4)nn3C)C2)cc1. The van der Waals surface area contributed by atoms with Crippen molar-refractivity contribution in [2.75, 3.05) is 13.2 Å². The van der Waals surface area contributed by atoms with Crippen LogP contribution in [0.15, 0.2) is 29.2 Å². The van der Waals surface area contributed by atoms with Crippen LogP contribution in [0.4, 0.5) is 0 Å². The molecule has 1 fully saturated rings. The van der Waals surface area contributed by atoms with E-state index >= 15 is 0 Å². The minimum absolute atomic E-state index is 0.0348. The van der Waals surface area contributed by atoms with Crippen molar-refractivity contribution >= 4 is 15.9 Å². The summed E-state index contributed by atoms with van der Waals surface area (Å²) in [5.74, 6) is 0.702. The van der Waals surface area contributed by atoms with Crippen LogP contribution >= 0.6 is 0 Å². The van der Waals surface area contributed by atoms with E-state index in [1.54, 1.807) is 24.3 Å². The number of benzene rings is 1. The Kier molecular flexibility index (Phi) is 6.34. The fourth-order valence-electron chi connectivity index (χ4n) is 3.89. The fraction of sp³-hybridized carbons (Fsp3) is 0.545. The summed E-state index contributed by atoms with van der Waals surface area (Å²) < 4.78 is 35.3. The number of sulfonamides is 1. The van der Waals surface area contributed by atoms with Crippen molar-refractivity contribution in [1.82, 2.24) is 19.4 Å². The molecule has 1 N–H and O–H groups in total. The lowest BCUT2D eigenvalue weighted by atomic mass is 10.0. The van der Waals surface area contributed by atoms with Crippen LogP contribution in [0, 0.1) is 0 Å². The third-order valence-electron chi connectivity index (χ3n) is 5.76. The van der Waals surface area contributed by atoms with Gasteiger partial charge in [0, 0.05) is 56.7 Å². The summed E-state index contributed by atoms with van der Waals surface area (Å²) in [4.78, 5) is 12.3. The quantitative estimate of drug-likeness (QED) is 0.637. The number of rotatable bonds is 9. The van der Waals surface area contributed by atoms with Gasteiger partial charge < -0.3 is 10.1 Å².